The van der Waals surface area contributed by atoms with Gasteiger partial charge in [-0.1, -0.05) is 20.3 Å². The van der Waals surface area contributed by atoms with Crippen molar-refractivity contribution in [2.45, 2.75) is 39.2 Å². The highest BCUT2D eigenvalue weighted by molar-refractivity contribution is 7.89. The lowest BCUT2D eigenvalue weighted by Gasteiger charge is -2.26. The Labute approximate surface area is 93.1 Å². The van der Waals surface area contributed by atoms with Crippen LogP contribution in [-0.4, -0.2) is 44.2 Å². The Hall–Kier alpha value is -0.130. The van der Waals surface area contributed by atoms with Gasteiger partial charge in [0.1, 0.15) is 0 Å². The maximum Gasteiger partial charge on any atom is 0.214 e. The lowest BCUT2D eigenvalue weighted by molar-refractivity contribution is 0.348. The van der Waals surface area contributed by atoms with E-state index in [2.05, 4.69) is 5.32 Å². The first-order chi connectivity index (χ1) is 7.11. The summed E-state index contributed by atoms with van der Waals surface area (Å²) < 4.78 is 25.7. The molecule has 1 heterocycles. The number of unbranched alkanes of at least 4 members (excludes halogenated alkanes) is 1. The smallest absolute Gasteiger partial charge is 0.214 e. The first-order valence-electron chi connectivity index (χ1n) is 5.82. The van der Waals surface area contributed by atoms with Crippen LogP contribution < -0.4 is 5.32 Å². The molecule has 90 valence electrons. The van der Waals surface area contributed by atoms with Gasteiger partial charge in [-0.15, -0.1) is 0 Å². The third kappa shape index (κ3) is 3.43. The van der Waals surface area contributed by atoms with Gasteiger partial charge in [0.05, 0.1) is 5.75 Å². The minimum Gasteiger partial charge on any atom is -0.315 e. The van der Waals surface area contributed by atoms with Gasteiger partial charge in [-0.05, 0) is 19.4 Å². The van der Waals surface area contributed by atoms with Crippen molar-refractivity contribution in [1.29, 1.82) is 0 Å². The molecule has 1 saturated heterocycles. The molecule has 1 atom stereocenters. The van der Waals surface area contributed by atoms with Crippen LogP contribution in [0.2, 0.25) is 0 Å². The molecule has 4 nitrogen and oxygen atoms in total. The van der Waals surface area contributed by atoms with E-state index in [0.717, 1.165) is 32.4 Å². The van der Waals surface area contributed by atoms with E-state index >= 15 is 0 Å². The molecule has 0 aromatic carbocycles. The van der Waals surface area contributed by atoms with Crippen LogP contribution in [0.4, 0.5) is 0 Å². The topological polar surface area (TPSA) is 49.4 Å². The van der Waals surface area contributed by atoms with E-state index in [0.29, 0.717) is 12.3 Å². The van der Waals surface area contributed by atoms with Crippen LogP contribution in [0, 0.1) is 0 Å². The van der Waals surface area contributed by atoms with Crippen LogP contribution in [0.15, 0.2) is 0 Å². The summed E-state index contributed by atoms with van der Waals surface area (Å²) in [5.41, 5.74) is 0. The van der Waals surface area contributed by atoms with Crippen LogP contribution in [0.3, 0.4) is 0 Å². The molecule has 1 aliphatic heterocycles. The van der Waals surface area contributed by atoms with Gasteiger partial charge >= 0.3 is 0 Å². The van der Waals surface area contributed by atoms with Crippen molar-refractivity contribution in [2.24, 2.45) is 0 Å². The van der Waals surface area contributed by atoms with Crippen molar-refractivity contribution >= 4 is 10.0 Å². The highest BCUT2D eigenvalue weighted by Crippen LogP contribution is 2.14. The molecule has 1 aliphatic rings. The molecule has 0 saturated carbocycles. The average Bonchev–Trinajstić information content (AvgIpc) is 2.69. The lowest BCUT2D eigenvalue weighted by atomic mass is 10.3. The fourth-order valence-corrected chi connectivity index (χ4v) is 3.93. The van der Waals surface area contributed by atoms with Gasteiger partial charge in [0.2, 0.25) is 10.0 Å². The monoisotopic (exact) mass is 234 g/mol. The first-order valence-corrected chi connectivity index (χ1v) is 7.43. The summed E-state index contributed by atoms with van der Waals surface area (Å²) in [6, 6.07) is 0.178. The molecule has 0 bridgehead atoms. The molecule has 0 spiro atoms. The van der Waals surface area contributed by atoms with Crippen LogP contribution in [0.5, 0.6) is 0 Å². The molecule has 1 unspecified atom stereocenters. The van der Waals surface area contributed by atoms with E-state index in [9.17, 15) is 8.42 Å². The Morgan fingerprint density at radius 2 is 2.13 bits per heavy atom. The van der Waals surface area contributed by atoms with Gasteiger partial charge in [0.25, 0.3) is 0 Å². The lowest BCUT2D eigenvalue weighted by Crippen LogP contribution is -2.42. The van der Waals surface area contributed by atoms with Gasteiger partial charge in [0.15, 0.2) is 0 Å². The van der Waals surface area contributed by atoms with Gasteiger partial charge in [0, 0.05) is 19.1 Å². The fraction of sp³-hybridized carbons (Fsp3) is 1.00. The highest BCUT2D eigenvalue weighted by Gasteiger charge is 2.29. The second kappa shape index (κ2) is 5.82. The van der Waals surface area contributed by atoms with Gasteiger partial charge in [-0.2, -0.15) is 4.31 Å². The fourth-order valence-electron chi connectivity index (χ4n) is 2.01. The molecule has 0 aromatic heterocycles. The maximum atomic E-state index is 12.0. The Morgan fingerprint density at radius 3 is 2.60 bits per heavy atom. The summed E-state index contributed by atoms with van der Waals surface area (Å²) in [5, 5.41) is 3.21. The van der Waals surface area contributed by atoms with Gasteiger partial charge in [-0.25, -0.2) is 8.42 Å². The number of hydrogen-bond acceptors (Lipinski definition) is 3. The first kappa shape index (κ1) is 12.9. The SMILES string of the molecule is CCCCS(=O)(=O)N(CC)C1CCNC1. The van der Waals surface area contributed by atoms with E-state index in [-0.39, 0.29) is 6.04 Å². The molecule has 0 amide bonds. The zero-order chi connectivity index (χ0) is 11.3. The molecule has 15 heavy (non-hydrogen) atoms. The van der Waals surface area contributed by atoms with Crippen LogP contribution >= 0.6 is 0 Å². The second-order valence-corrected chi connectivity index (χ2v) is 6.06. The molecule has 5 heteroatoms. The standard InChI is InChI=1S/C10H22N2O2S/c1-3-5-8-15(13,14)12(4-2)10-6-7-11-9-10/h10-11H,3-9H2,1-2H3. The number of nitrogens with one attached hydrogen (secondary N) is 1. The number of hydrogen-bond donors (Lipinski definition) is 1. The minimum absolute atomic E-state index is 0.178. The number of rotatable bonds is 6. The number of nitrogens with zero attached hydrogens (tertiary/aromatic N) is 1. The predicted octanol–water partition coefficient (Wildman–Crippen LogP) is 0.800. The van der Waals surface area contributed by atoms with E-state index < -0.39 is 10.0 Å². The summed E-state index contributed by atoms with van der Waals surface area (Å²) in [6.45, 7) is 6.27. The molecular formula is C10H22N2O2S. The van der Waals surface area contributed by atoms with Crippen molar-refractivity contribution in [3.05, 3.63) is 0 Å². The normalized spacial score (nSPS) is 22.5. The van der Waals surface area contributed by atoms with Crippen molar-refractivity contribution in [3.63, 3.8) is 0 Å². The van der Waals surface area contributed by atoms with Gasteiger partial charge in [-0.3, -0.25) is 0 Å². The summed E-state index contributed by atoms with van der Waals surface area (Å²) in [6.07, 6.45) is 2.64. The molecule has 0 radical (unpaired) electrons. The highest BCUT2D eigenvalue weighted by atomic mass is 32.2. The van der Waals surface area contributed by atoms with Gasteiger partial charge < -0.3 is 5.32 Å². The molecule has 1 fully saturated rings. The molecule has 1 N–H and O–H groups in total. The Morgan fingerprint density at radius 1 is 1.40 bits per heavy atom. The predicted molar refractivity (Wildman–Crippen MR) is 62.3 cm³/mol. The van der Waals surface area contributed by atoms with Crippen molar-refractivity contribution in [2.75, 3.05) is 25.4 Å². The van der Waals surface area contributed by atoms with E-state index in [1.54, 1.807) is 4.31 Å². The maximum absolute atomic E-state index is 12.0. The van der Waals surface area contributed by atoms with Crippen molar-refractivity contribution < 1.29 is 8.42 Å². The summed E-state index contributed by atoms with van der Waals surface area (Å²) >= 11 is 0. The van der Waals surface area contributed by atoms with Crippen LogP contribution in [-0.2, 0) is 10.0 Å². The molecule has 0 aromatic rings. The van der Waals surface area contributed by atoms with Crippen molar-refractivity contribution in [3.8, 4) is 0 Å². The van der Waals surface area contributed by atoms with Crippen LogP contribution in [0.25, 0.3) is 0 Å². The number of likely N-dealkylation sites (N-methyl/N-ethyl adjacent to an activating group) is 1. The Bertz CT molecular complexity index is 271. The summed E-state index contributed by atoms with van der Waals surface area (Å²) in [7, 11) is -3.02. The zero-order valence-electron chi connectivity index (χ0n) is 9.70. The van der Waals surface area contributed by atoms with Crippen molar-refractivity contribution in [1.82, 2.24) is 9.62 Å². The summed E-state index contributed by atoms with van der Waals surface area (Å²) in [4.78, 5) is 0. The van der Waals surface area contributed by atoms with E-state index in [4.69, 9.17) is 0 Å². The third-order valence-corrected chi connectivity index (χ3v) is 4.94. The molecule has 0 aliphatic carbocycles. The largest absolute Gasteiger partial charge is 0.315 e. The zero-order valence-corrected chi connectivity index (χ0v) is 10.5. The summed E-state index contributed by atoms with van der Waals surface area (Å²) in [5.74, 6) is 0.299. The quantitative estimate of drug-likeness (QED) is 0.739. The van der Waals surface area contributed by atoms with Crippen LogP contribution in [0.1, 0.15) is 33.1 Å². The number of sulfonamides is 1. The molecule has 1 rings (SSSR count). The van der Waals surface area contributed by atoms with E-state index in [1.807, 2.05) is 13.8 Å². The average molecular weight is 234 g/mol. The second-order valence-electron chi connectivity index (χ2n) is 4.02. The van der Waals surface area contributed by atoms with E-state index in [1.165, 1.54) is 0 Å². The minimum atomic E-state index is -3.02. The third-order valence-electron chi connectivity index (χ3n) is 2.87. The Kier molecular flexibility index (Phi) is 5.02. The molecular weight excluding hydrogens is 212 g/mol. The Balaban J connectivity index is 2.63.